The number of carbonyl (C=O) groups is 2. The number of hydrogen-bond acceptors (Lipinski definition) is 6. The minimum Gasteiger partial charge on any atom is -0.484 e. The van der Waals surface area contributed by atoms with Crippen molar-refractivity contribution in [2.45, 2.75) is 11.4 Å². The number of amides is 2. The summed E-state index contributed by atoms with van der Waals surface area (Å²) in [4.78, 5) is 24.7. The minimum atomic E-state index is -3.71. The summed E-state index contributed by atoms with van der Waals surface area (Å²) in [6.45, 7) is 0.324. The van der Waals surface area contributed by atoms with Crippen molar-refractivity contribution < 1.29 is 22.7 Å². The number of carbonyl (C=O) groups excluding carboxylic acids is 2. The van der Waals surface area contributed by atoms with E-state index in [1.165, 1.54) is 37.5 Å². The third-order valence-electron chi connectivity index (χ3n) is 5.86. The van der Waals surface area contributed by atoms with E-state index in [9.17, 15) is 18.0 Å². The first-order valence-corrected chi connectivity index (χ1v) is 13.8. The molecule has 0 radical (unpaired) electrons. The van der Waals surface area contributed by atoms with E-state index in [0.717, 1.165) is 9.87 Å². The van der Waals surface area contributed by atoms with Gasteiger partial charge in [-0.3, -0.25) is 13.9 Å². The highest BCUT2D eigenvalue weighted by molar-refractivity contribution is 7.92. The maximum Gasteiger partial charge on any atom is 0.271 e. The summed E-state index contributed by atoms with van der Waals surface area (Å²) in [5.41, 5.74) is 4.90. The predicted octanol–water partition coefficient (Wildman–Crippen LogP) is 3.97. The number of hydrogen-bond donors (Lipinski definition) is 2. The Hall–Kier alpha value is -4.96. The van der Waals surface area contributed by atoms with E-state index in [-0.39, 0.29) is 17.4 Å². The van der Waals surface area contributed by atoms with Crippen molar-refractivity contribution in [2.75, 3.05) is 18.0 Å². The zero-order chi connectivity index (χ0) is 28.4. The molecule has 4 aromatic carbocycles. The van der Waals surface area contributed by atoms with Crippen LogP contribution in [0, 0.1) is 0 Å². The number of hydrazone groups is 1. The molecule has 204 valence electrons. The first-order valence-electron chi connectivity index (χ1n) is 12.3. The number of ether oxygens (including phenoxy) is 1. The summed E-state index contributed by atoms with van der Waals surface area (Å²) in [6, 6.07) is 30.8. The van der Waals surface area contributed by atoms with Crippen LogP contribution in [0.4, 0.5) is 5.69 Å². The summed E-state index contributed by atoms with van der Waals surface area (Å²) in [5, 5.41) is 6.78. The van der Waals surface area contributed by atoms with E-state index >= 15 is 0 Å². The standard InChI is InChI=1S/C30H28N4O5S/c1-34(40(37,38)28-10-6-3-7-11-28)26-16-14-25(15-17-26)30(36)33-32-21-24-12-18-27(19-13-24)39-22-29(35)31-20-23-8-4-2-5-9-23/h2-19,21H,20,22H2,1H3,(H,31,35)(H,33,36)/b32-21-. The summed E-state index contributed by atoms with van der Waals surface area (Å²) < 4.78 is 32.3. The first kappa shape index (κ1) is 28.1. The molecule has 0 fully saturated rings. The van der Waals surface area contributed by atoms with Crippen LogP contribution in [0.2, 0.25) is 0 Å². The minimum absolute atomic E-state index is 0.108. The number of sulfonamides is 1. The highest BCUT2D eigenvalue weighted by Gasteiger charge is 2.21. The number of rotatable bonds is 11. The van der Waals surface area contributed by atoms with Gasteiger partial charge >= 0.3 is 0 Å². The molecule has 10 heteroatoms. The lowest BCUT2D eigenvalue weighted by atomic mass is 10.2. The van der Waals surface area contributed by atoms with Crippen LogP contribution in [-0.4, -0.2) is 40.1 Å². The van der Waals surface area contributed by atoms with Crippen LogP contribution in [0.1, 0.15) is 21.5 Å². The van der Waals surface area contributed by atoms with E-state index < -0.39 is 15.9 Å². The SMILES string of the molecule is CN(c1ccc(C(=O)N/N=C\c2ccc(OCC(=O)NCc3ccccc3)cc2)cc1)S(=O)(=O)c1ccccc1. The van der Waals surface area contributed by atoms with E-state index in [4.69, 9.17) is 4.74 Å². The molecule has 4 rings (SSSR count). The van der Waals surface area contributed by atoms with E-state index in [1.807, 2.05) is 30.3 Å². The van der Waals surface area contributed by atoms with Crippen molar-refractivity contribution in [1.29, 1.82) is 0 Å². The Kier molecular flexibility index (Phi) is 9.27. The van der Waals surface area contributed by atoms with Crippen LogP contribution in [-0.2, 0) is 21.4 Å². The fraction of sp³-hybridized carbons (Fsp3) is 0.100. The van der Waals surface area contributed by atoms with Crippen LogP contribution in [0.5, 0.6) is 5.75 Å². The molecular weight excluding hydrogens is 528 g/mol. The molecule has 0 aliphatic heterocycles. The van der Waals surface area contributed by atoms with Crippen molar-refractivity contribution in [3.63, 3.8) is 0 Å². The molecule has 40 heavy (non-hydrogen) atoms. The van der Waals surface area contributed by atoms with Gasteiger partial charge in [-0.25, -0.2) is 13.8 Å². The Morgan fingerprint density at radius 2 is 1.48 bits per heavy atom. The van der Waals surface area contributed by atoms with Gasteiger partial charge in [0.1, 0.15) is 5.75 Å². The highest BCUT2D eigenvalue weighted by atomic mass is 32.2. The van der Waals surface area contributed by atoms with Gasteiger partial charge in [-0.1, -0.05) is 48.5 Å². The fourth-order valence-electron chi connectivity index (χ4n) is 3.59. The van der Waals surface area contributed by atoms with Gasteiger partial charge < -0.3 is 10.1 Å². The van der Waals surface area contributed by atoms with E-state index in [0.29, 0.717) is 29.1 Å². The maximum atomic E-state index is 12.8. The molecule has 2 amide bonds. The smallest absolute Gasteiger partial charge is 0.271 e. The second kappa shape index (κ2) is 13.2. The van der Waals surface area contributed by atoms with E-state index in [2.05, 4.69) is 15.8 Å². The van der Waals surface area contributed by atoms with Crippen LogP contribution >= 0.6 is 0 Å². The molecule has 9 nitrogen and oxygen atoms in total. The monoisotopic (exact) mass is 556 g/mol. The van der Waals surface area contributed by atoms with Gasteiger partial charge in [0.25, 0.3) is 21.8 Å². The Bertz CT molecular complexity index is 1560. The third kappa shape index (κ3) is 7.55. The Morgan fingerprint density at radius 1 is 0.850 bits per heavy atom. The van der Waals surface area contributed by atoms with Gasteiger partial charge in [0.15, 0.2) is 6.61 Å². The summed E-state index contributed by atoms with van der Waals surface area (Å²) >= 11 is 0. The zero-order valence-corrected chi connectivity index (χ0v) is 22.5. The molecule has 2 N–H and O–H groups in total. The molecule has 0 aliphatic rings. The van der Waals surface area contributed by atoms with E-state index in [1.54, 1.807) is 54.6 Å². The summed E-state index contributed by atoms with van der Waals surface area (Å²) in [7, 11) is -2.26. The lowest BCUT2D eigenvalue weighted by molar-refractivity contribution is -0.123. The van der Waals surface area contributed by atoms with Crippen LogP contribution in [0.15, 0.2) is 119 Å². The van der Waals surface area contributed by atoms with Crippen molar-refractivity contribution in [1.82, 2.24) is 10.7 Å². The number of benzene rings is 4. The van der Waals surface area contributed by atoms with Crippen LogP contribution in [0.25, 0.3) is 0 Å². The molecular formula is C30H28N4O5S. The van der Waals surface area contributed by atoms with Crippen molar-refractivity contribution in [3.8, 4) is 5.75 Å². The highest BCUT2D eigenvalue weighted by Crippen LogP contribution is 2.22. The predicted molar refractivity (Wildman–Crippen MR) is 154 cm³/mol. The number of nitrogens with one attached hydrogen (secondary N) is 2. The molecule has 4 aromatic rings. The zero-order valence-electron chi connectivity index (χ0n) is 21.7. The summed E-state index contributed by atoms with van der Waals surface area (Å²) in [5.74, 6) is -0.150. The fourth-order valence-corrected chi connectivity index (χ4v) is 4.81. The average Bonchev–Trinajstić information content (AvgIpc) is 3.00. The topological polar surface area (TPSA) is 117 Å². The second-order valence-corrected chi connectivity index (χ2v) is 10.6. The maximum absolute atomic E-state index is 12.8. The van der Waals surface area contributed by atoms with Crippen LogP contribution < -0.4 is 19.8 Å². The Labute approximate surface area is 233 Å². The lowest BCUT2D eigenvalue weighted by Gasteiger charge is -2.19. The van der Waals surface area contributed by atoms with Crippen LogP contribution in [0.3, 0.4) is 0 Å². The van der Waals surface area contributed by atoms with Gasteiger partial charge in [0.05, 0.1) is 16.8 Å². The molecule has 0 spiro atoms. The molecule has 0 aliphatic carbocycles. The van der Waals surface area contributed by atoms with Gasteiger partial charge in [0, 0.05) is 19.2 Å². The molecule has 0 heterocycles. The molecule has 0 aromatic heterocycles. The molecule has 0 bridgehead atoms. The normalized spacial score (nSPS) is 11.1. The van der Waals surface area contributed by atoms with Crippen molar-refractivity contribution in [2.24, 2.45) is 5.10 Å². The summed E-state index contributed by atoms with van der Waals surface area (Å²) in [6.07, 6.45) is 1.48. The quantitative estimate of drug-likeness (QED) is 0.214. The number of nitrogens with zero attached hydrogens (tertiary/aromatic N) is 2. The molecule has 0 saturated heterocycles. The van der Waals surface area contributed by atoms with Crippen molar-refractivity contribution in [3.05, 3.63) is 126 Å². The average molecular weight is 557 g/mol. The van der Waals surface area contributed by atoms with Gasteiger partial charge in [-0.2, -0.15) is 5.10 Å². The number of anilines is 1. The first-order chi connectivity index (χ1) is 19.3. The Morgan fingerprint density at radius 3 is 2.12 bits per heavy atom. The second-order valence-electron chi connectivity index (χ2n) is 8.65. The van der Waals surface area contributed by atoms with Gasteiger partial charge in [-0.15, -0.1) is 0 Å². The van der Waals surface area contributed by atoms with Gasteiger partial charge in [-0.05, 0) is 71.8 Å². The Balaban J connectivity index is 1.24. The molecule has 0 atom stereocenters. The third-order valence-corrected chi connectivity index (χ3v) is 7.66. The molecule has 0 unspecified atom stereocenters. The van der Waals surface area contributed by atoms with Crippen molar-refractivity contribution >= 4 is 33.7 Å². The lowest BCUT2D eigenvalue weighted by Crippen LogP contribution is -2.28. The van der Waals surface area contributed by atoms with Gasteiger partial charge in [0.2, 0.25) is 0 Å². The largest absolute Gasteiger partial charge is 0.484 e. The molecule has 0 saturated carbocycles.